The number of rotatable bonds is 3. The van der Waals surface area contributed by atoms with Crippen molar-refractivity contribution in [2.45, 2.75) is 90.1 Å². The van der Waals surface area contributed by atoms with E-state index in [1.807, 2.05) is 4.90 Å². The number of amides is 1. The number of ether oxygens (including phenoxy) is 1. The van der Waals surface area contributed by atoms with Gasteiger partial charge in [0, 0.05) is 69.4 Å². The molecule has 0 radical (unpaired) electrons. The number of ketones is 1. The molecule has 7 nitrogen and oxygen atoms in total. The van der Waals surface area contributed by atoms with Gasteiger partial charge in [0.15, 0.2) is 5.82 Å². The van der Waals surface area contributed by atoms with Crippen molar-refractivity contribution in [2.75, 3.05) is 31.2 Å². The van der Waals surface area contributed by atoms with Crippen LogP contribution in [0.15, 0.2) is 12.1 Å². The summed E-state index contributed by atoms with van der Waals surface area (Å²) in [7, 11) is 0. The second kappa shape index (κ2) is 9.66. The Kier molecular flexibility index (Phi) is 6.36. The highest BCUT2D eigenvalue weighted by atomic mass is 16.5. The van der Waals surface area contributed by atoms with Crippen molar-refractivity contribution in [1.29, 1.82) is 0 Å². The van der Waals surface area contributed by atoms with Gasteiger partial charge in [-0.25, -0.2) is 0 Å². The number of anilines is 2. The molecule has 2 fully saturated rings. The Morgan fingerprint density at radius 1 is 1.03 bits per heavy atom. The monoisotopic (exact) mass is 490 g/mol. The first-order valence-corrected chi connectivity index (χ1v) is 13.9. The molecule has 7 heteroatoms. The van der Waals surface area contributed by atoms with Crippen LogP contribution in [0.5, 0.6) is 0 Å². The molecule has 192 valence electrons. The van der Waals surface area contributed by atoms with Gasteiger partial charge >= 0.3 is 0 Å². The maximum Gasteiger partial charge on any atom is 0.219 e. The Hall–Kier alpha value is -2.67. The van der Waals surface area contributed by atoms with E-state index >= 15 is 0 Å². The highest BCUT2D eigenvalue weighted by molar-refractivity contribution is 5.79. The molecule has 4 heterocycles. The van der Waals surface area contributed by atoms with Crippen LogP contribution in [-0.2, 0) is 33.7 Å². The van der Waals surface area contributed by atoms with Gasteiger partial charge in [-0.1, -0.05) is 6.07 Å². The first-order valence-electron chi connectivity index (χ1n) is 13.9. The van der Waals surface area contributed by atoms with Crippen LogP contribution in [-0.4, -0.2) is 52.7 Å². The molecule has 4 aliphatic rings. The van der Waals surface area contributed by atoms with Gasteiger partial charge in [-0.05, 0) is 74.1 Å². The maximum absolute atomic E-state index is 12.3. The average molecular weight is 491 g/mol. The zero-order chi connectivity index (χ0) is 24.8. The molecule has 1 saturated carbocycles. The Bertz CT molecular complexity index is 1170. The minimum absolute atomic E-state index is 0.124. The lowest BCUT2D eigenvalue weighted by Crippen LogP contribution is -2.36. The average Bonchev–Trinajstić information content (AvgIpc) is 3.27. The highest BCUT2D eigenvalue weighted by Crippen LogP contribution is 2.42. The molecular weight excluding hydrogens is 452 g/mol. The standard InChI is InChI=1S/C29H38N4O3/c1-19-16-28-22(17-25(19)21-10-14-36-15-11-21)4-3-12-32(28)29-26-18-31(20(2)34)13-9-27(26)33(30-29)23-5-7-24(35)8-6-23/h16-17,21,23H,3-15,18H2,1-2H3. The Morgan fingerprint density at radius 2 is 1.81 bits per heavy atom. The van der Waals surface area contributed by atoms with E-state index in [1.54, 1.807) is 6.92 Å². The third-order valence-electron chi connectivity index (χ3n) is 8.87. The molecule has 2 aromatic rings. The van der Waals surface area contributed by atoms with Crippen molar-refractivity contribution in [3.8, 4) is 0 Å². The number of hydrogen-bond donors (Lipinski definition) is 0. The molecule has 0 N–H and O–H groups in total. The molecule has 1 amide bonds. The quantitative estimate of drug-likeness (QED) is 0.621. The van der Waals surface area contributed by atoms with Crippen molar-refractivity contribution < 1.29 is 14.3 Å². The topological polar surface area (TPSA) is 67.7 Å². The molecule has 0 unspecified atom stereocenters. The second-order valence-corrected chi connectivity index (χ2v) is 11.1. The molecule has 1 aromatic heterocycles. The number of benzene rings is 1. The van der Waals surface area contributed by atoms with Gasteiger partial charge < -0.3 is 14.5 Å². The first kappa shape index (κ1) is 23.7. The minimum Gasteiger partial charge on any atom is -0.381 e. The van der Waals surface area contributed by atoms with Crippen LogP contribution in [0.2, 0.25) is 0 Å². The fraction of sp³-hybridized carbons (Fsp3) is 0.621. The normalized spacial score (nSPS) is 21.4. The second-order valence-electron chi connectivity index (χ2n) is 11.1. The molecule has 0 atom stereocenters. The molecule has 0 bridgehead atoms. The summed E-state index contributed by atoms with van der Waals surface area (Å²) < 4.78 is 7.86. The van der Waals surface area contributed by atoms with E-state index in [0.29, 0.717) is 31.1 Å². The van der Waals surface area contributed by atoms with E-state index in [0.717, 1.165) is 77.1 Å². The maximum atomic E-state index is 12.3. The number of fused-ring (bicyclic) bond motifs is 2. The van der Waals surface area contributed by atoms with Crippen molar-refractivity contribution >= 4 is 23.2 Å². The fourth-order valence-corrected chi connectivity index (χ4v) is 6.81. The van der Waals surface area contributed by atoms with E-state index in [9.17, 15) is 9.59 Å². The Balaban J connectivity index is 1.40. The lowest BCUT2D eigenvalue weighted by molar-refractivity contribution is -0.129. The van der Waals surface area contributed by atoms with Crippen LogP contribution in [0.25, 0.3) is 0 Å². The van der Waals surface area contributed by atoms with Gasteiger partial charge in [-0.2, -0.15) is 5.10 Å². The van der Waals surface area contributed by atoms with E-state index in [2.05, 4.69) is 28.6 Å². The third kappa shape index (κ3) is 4.25. The smallest absolute Gasteiger partial charge is 0.219 e. The summed E-state index contributed by atoms with van der Waals surface area (Å²) >= 11 is 0. The van der Waals surface area contributed by atoms with Crippen LogP contribution in [0.1, 0.15) is 91.8 Å². The predicted molar refractivity (Wildman–Crippen MR) is 139 cm³/mol. The van der Waals surface area contributed by atoms with E-state index in [4.69, 9.17) is 9.84 Å². The highest BCUT2D eigenvalue weighted by Gasteiger charge is 2.34. The molecule has 6 rings (SSSR count). The summed E-state index contributed by atoms with van der Waals surface area (Å²) in [4.78, 5) is 28.6. The number of hydrogen-bond acceptors (Lipinski definition) is 5. The number of aromatic nitrogens is 2. The molecule has 1 aromatic carbocycles. The lowest BCUT2D eigenvalue weighted by Gasteiger charge is -2.34. The number of Topliss-reactive ketones (excluding diaryl/α,β-unsaturated/α-hetero) is 1. The van der Waals surface area contributed by atoms with Gasteiger partial charge in [0.2, 0.25) is 5.91 Å². The summed E-state index contributed by atoms with van der Waals surface area (Å²) in [5.41, 5.74) is 8.01. The summed E-state index contributed by atoms with van der Waals surface area (Å²) in [6.45, 7) is 7.93. The molecular formula is C29H38N4O3. The van der Waals surface area contributed by atoms with Crippen LogP contribution in [0.3, 0.4) is 0 Å². The zero-order valence-corrected chi connectivity index (χ0v) is 21.7. The SMILES string of the molecule is CC(=O)N1CCc2c(c(N3CCCc4cc(C5CCOCC5)c(C)cc43)nn2C2CCC(=O)CC2)C1. The summed E-state index contributed by atoms with van der Waals surface area (Å²) in [5, 5.41) is 5.28. The summed E-state index contributed by atoms with van der Waals surface area (Å²) in [6, 6.07) is 5.12. The minimum atomic E-state index is 0.124. The summed E-state index contributed by atoms with van der Waals surface area (Å²) in [5.74, 6) is 2.10. The van der Waals surface area contributed by atoms with Gasteiger partial charge in [0.1, 0.15) is 5.78 Å². The summed E-state index contributed by atoms with van der Waals surface area (Å²) in [6.07, 6.45) is 8.26. The molecule has 1 saturated heterocycles. The Labute approximate surface area is 213 Å². The fourth-order valence-electron chi connectivity index (χ4n) is 6.81. The van der Waals surface area contributed by atoms with Gasteiger partial charge in [-0.15, -0.1) is 0 Å². The number of carbonyl (C=O) groups excluding carboxylic acids is 2. The number of nitrogens with zero attached hydrogens (tertiary/aromatic N) is 4. The van der Waals surface area contributed by atoms with E-state index < -0.39 is 0 Å². The Morgan fingerprint density at radius 3 is 2.56 bits per heavy atom. The van der Waals surface area contributed by atoms with Crippen molar-refractivity contribution in [3.05, 3.63) is 40.1 Å². The predicted octanol–water partition coefficient (Wildman–Crippen LogP) is 4.76. The zero-order valence-electron chi connectivity index (χ0n) is 21.7. The molecule has 36 heavy (non-hydrogen) atoms. The number of aryl methyl sites for hydroxylation is 2. The van der Waals surface area contributed by atoms with Crippen LogP contribution in [0, 0.1) is 6.92 Å². The molecule has 0 spiro atoms. The van der Waals surface area contributed by atoms with Crippen molar-refractivity contribution in [3.63, 3.8) is 0 Å². The van der Waals surface area contributed by atoms with Gasteiger partial charge in [-0.3, -0.25) is 14.3 Å². The van der Waals surface area contributed by atoms with Crippen molar-refractivity contribution in [1.82, 2.24) is 14.7 Å². The van der Waals surface area contributed by atoms with Crippen LogP contribution < -0.4 is 4.90 Å². The van der Waals surface area contributed by atoms with E-state index in [1.165, 1.54) is 33.6 Å². The van der Waals surface area contributed by atoms with Crippen LogP contribution in [0.4, 0.5) is 11.5 Å². The largest absolute Gasteiger partial charge is 0.381 e. The third-order valence-corrected chi connectivity index (χ3v) is 8.87. The molecule has 1 aliphatic carbocycles. The first-order chi connectivity index (χ1) is 17.5. The van der Waals surface area contributed by atoms with Crippen LogP contribution >= 0.6 is 0 Å². The molecule has 3 aliphatic heterocycles. The van der Waals surface area contributed by atoms with Gasteiger partial charge in [0.05, 0.1) is 12.6 Å². The van der Waals surface area contributed by atoms with Crippen molar-refractivity contribution in [2.24, 2.45) is 0 Å². The lowest BCUT2D eigenvalue weighted by atomic mass is 9.85. The van der Waals surface area contributed by atoms with E-state index in [-0.39, 0.29) is 11.9 Å². The van der Waals surface area contributed by atoms with Gasteiger partial charge in [0.25, 0.3) is 0 Å². The number of carbonyl (C=O) groups is 2.